The van der Waals surface area contributed by atoms with Crippen LogP contribution in [0.2, 0.25) is 5.02 Å². The summed E-state index contributed by atoms with van der Waals surface area (Å²) < 4.78 is 0. The molecule has 0 fully saturated rings. The van der Waals surface area contributed by atoms with Crippen LogP contribution >= 0.6 is 11.6 Å². The molecule has 0 aromatic heterocycles. The highest BCUT2D eigenvalue weighted by atomic mass is 35.5. The van der Waals surface area contributed by atoms with Crippen LogP contribution in [0, 0.1) is 0 Å². The Balaban J connectivity index is 2.13. The zero-order chi connectivity index (χ0) is 13.8. The second kappa shape index (κ2) is 5.76. The van der Waals surface area contributed by atoms with Gasteiger partial charge < -0.3 is 11.1 Å². The molecule has 0 saturated carbocycles. The van der Waals surface area contributed by atoms with Crippen LogP contribution < -0.4 is 11.1 Å². The third-order valence-corrected chi connectivity index (χ3v) is 3.14. The van der Waals surface area contributed by atoms with E-state index in [0.717, 1.165) is 5.56 Å². The van der Waals surface area contributed by atoms with Crippen molar-refractivity contribution in [2.75, 3.05) is 5.73 Å². The molecule has 4 heteroatoms. The van der Waals surface area contributed by atoms with E-state index >= 15 is 0 Å². The second-order valence-corrected chi connectivity index (χ2v) is 4.77. The van der Waals surface area contributed by atoms with Gasteiger partial charge in [0.1, 0.15) is 0 Å². The smallest absolute Gasteiger partial charge is 0.253 e. The van der Waals surface area contributed by atoms with Crippen molar-refractivity contribution in [1.82, 2.24) is 5.32 Å². The van der Waals surface area contributed by atoms with Gasteiger partial charge in [-0.05, 0) is 30.7 Å². The van der Waals surface area contributed by atoms with Crippen molar-refractivity contribution < 1.29 is 4.79 Å². The van der Waals surface area contributed by atoms with Crippen LogP contribution in [0.4, 0.5) is 5.69 Å². The van der Waals surface area contributed by atoms with Gasteiger partial charge in [-0.3, -0.25) is 4.79 Å². The standard InChI is InChI=1S/C15H15ClN2O/c1-10(11-5-3-2-4-6-11)18-15(19)13-8-7-12(16)9-14(13)17/h2-10H,17H2,1H3,(H,18,19)/t10-/m0/s1. The molecule has 0 heterocycles. The van der Waals surface area contributed by atoms with Crippen molar-refractivity contribution in [1.29, 1.82) is 0 Å². The molecular formula is C15H15ClN2O. The van der Waals surface area contributed by atoms with Crippen LogP contribution in [0.1, 0.15) is 28.9 Å². The number of anilines is 1. The van der Waals surface area contributed by atoms with Gasteiger partial charge in [0.15, 0.2) is 0 Å². The normalized spacial score (nSPS) is 11.9. The van der Waals surface area contributed by atoms with Gasteiger partial charge in [-0.2, -0.15) is 0 Å². The summed E-state index contributed by atoms with van der Waals surface area (Å²) >= 11 is 5.81. The fourth-order valence-corrected chi connectivity index (χ4v) is 2.02. The molecule has 0 spiro atoms. The number of hydrogen-bond donors (Lipinski definition) is 2. The molecule has 0 aliphatic rings. The lowest BCUT2D eigenvalue weighted by Crippen LogP contribution is -2.27. The quantitative estimate of drug-likeness (QED) is 0.843. The average Bonchev–Trinajstić information content (AvgIpc) is 2.39. The van der Waals surface area contributed by atoms with Gasteiger partial charge in [-0.1, -0.05) is 41.9 Å². The Morgan fingerprint density at radius 1 is 1.21 bits per heavy atom. The molecular weight excluding hydrogens is 260 g/mol. The fraction of sp³-hybridized carbons (Fsp3) is 0.133. The number of halogens is 1. The van der Waals surface area contributed by atoms with Gasteiger partial charge in [-0.15, -0.1) is 0 Å². The van der Waals surface area contributed by atoms with Crippen LogP contribution in [0.15, 0.2) is 48.5 Å². The van der Waals surface area contributed by atoms with E-state index in [1.165, 1.54) is 0 Å². The summed E-state index contributed by atoms with van der Waals surface area (Å²) in [5.74, 6) is -0.203. The first-order valence-corrected chi connectivity index (χ1v) is 6.36. The van der Waals surface area contributed by atoms with E-state index in [0.29, 0.717) is 16.3 Å². The Kier molecular flexibility index (Phi) is 4.07. The minimum atomic E-state index is -0.203. The molecule has 19 heavy (non-hydrogen) atoms. The maximum atomic E-state index is 12.1. The molecule has 98 valence electrons. The number of carbonyl (C=O) groups is 1. The van der Waals surface area contributed by atoms with Crippen LogP contribution in [0.3, 0.4) is 0 Å². The molecule has 3 N–H and O–H groups in total. The molecule has 1 amide bonds. The van der Waals surface area contributed by atoms with Crippen molar-refractivity contribution in [2.45, 2.75) is 13.0 Å². The lowest BCUT2D eigenvalue weighted by molar-refractivity contribution is 0.0941. The summed E-state index contributed by atoms with van der Waals surface area (Å²) in [4.78, 5) is 12.1. The van der Waals surface area contributed by atoms with Gasteiger partial charge in [-0.25, -0.2) is 0 Å². The number of benzene rings is 2. The Hall–Kier alpha value is -2.00. The molecule has 0 saturated heterocycles. The average molecular weight is 275 g/mol. The second-order valence-electron chi connectivity index (χ2n) is 4.34. The first-order valence-electron chi connectivity index (χ1n) is 5.99. The summed E-state index contributed by atoms with van der Waals surface area (Å²) in [5.41, 5.74) is 7.65. The van der Waals surface area contributed by atoms with E-state index in [-0.39, 0.29) is 11.9 Å². The van der Waals surface area contributed by atoms with Gasteiger partial charge in [0, 0.05) is 10.7 Å². The zero-order valence-corrected chi connectivity index (χ0v) is 11.3. The number of hydrogen-bond acceptors (Lipinski definition) is 2. The summed E-state index contributed by atoms with van der Waals surface area (Å²) in [6, 6.07) is 14.5. The Bertz CT molecular complexity index is 584. The molecule has 2 aromatic carbocycles. The highest BCUT2D eigenvalue weighted by Gasteiger charge is 2.13. The molecule has 2 rings (SSSR count). The van der Waals surface area contributed by atoms with Crippen molar-refractivity contribution >= 4 is 23.2 Å². The highest BCUT2D eigenvalue weighted by molar-refractivity contribution is 6.31. The maximum absolute atomic E-state index is 12.1. The first-order chi connectivity index (χ1) is 9.08. The molecule has 2 aromatic rings. The van der Waals surface area contributed by atoms with Crippen LogP contribution in [0.25, 0.3) is 0 Å². The molecule has 1 atom stereocenters. The molecule has 0 radical (unpaired) electrons. The van der Waals surface area contributed by atoms with Gasteiger partial charge in [0.05, 0.1) is 11.6 Å². The minimum Gasteiger partial charge on any atom is -0.398 e. The van der Waals surface area contributed by atoms with E-state index in [9.17, 15) is 4.79 Å². The molecule has 0 unspecified atom stereocenters. The fourth-order valence-electron chi connectivity index (χ4n) is 1.84. The van der Waals surface area contributed by atoms with Crippen molar-refractivity contribution in [2.24, 2.45) is 0 Å². The highest BCUT2D eigenvalue weighted by Crippen LogP contribution is 2.19. The predicted molar refractivity (Wildman–Crippen MR) is 78.2 cm³/mol. The van der Waals surface area contributed by atoms with E-state index in [1.54, 1.807) is 18.2 Å². The van der Waals surface area contributed by atoms with Gasteiger partial charge in [0.2, 0.25) is 0 Å². The minimum absolute atomic E-state index is 0.0798. The molecule has 0 aliphatic heterocycles. The number of nitrogens with one attached hydrogen (secondary N) is 1. The Morgan fingerprint density at radius 3 is 2.53 bits per heavy atom. The van der Waals surface area contributed by atoms with Crippen molar-refractivity contribution in [3.8, 4) is 0 Å². The van der Waals surface area contributed by atoms with E-state index < -0.39 is 0 Å². The van der Waals surface area contributed by atoms with Gasteiger partial charge >= 0.3 is 0 Å². The van der Waals surface area contributed by atoms with Crippen LogP contribution in [-0.4, -0.2) is 5.91 Å². The van der Waals surface area contributed by atoms with Gasteiger partial charge in [0.25, 0.3) is 5.91 Å². The number of nitrogens with two attached hydrogens (primary N) is 1. The summed E-state index contributed by atoms with van der Waals surface area (Å²) in [6.45, 7) is 1.93. The maximum Gasteiger partial charge on any atom is 0.253 e. The van der Waals surface area contributed by atoms with E-state index in [1.807, 2.05) is 37.3 Å². The van der Waals surface area contributed by atoms with Crippen LogP contribution in [0.5, 0.6) is 0 Å². The summed E-state index contributed by atoms with van der Waals surface area (Å²) in [5, 5.41) is 3.43. The number of carbonyl (C=O) groups excluding carboxylic acids is 1. The number of nitrogen functional groups attached to an aromatic ring is 1. The van der Waals surface area contributed by atoms with E-state index in [4.69, 9.17) is 17.3 Å². The van der Waals surface area contributed by atoms with E-state index in [2.05, 4.69) is 5.32 Å². The lowest BCUT2D eigenvalue weighted by Gasteiger charge is -2.15. The Labute approximate surface area is 117 Å². The van der Waals surface area contributed by atoms with Crippen molar-refractivity contribution in [3.05, 3.63) is 64.7 Å². The number of rotatable bonds is 3. The molecule has 0 bridgehead atoms. The lowest BCUT2D eigenvalue weighted by atomic mass is 10.1. The van der Waals surface area contributed by atoms with Crippen molar-refractivity contribution in [3.63, 3.8) is 0 Å². The molecule has 3 nitrogen and oxygen atoms in total. The topological polar surface area (TPSA) is 55.1 Å². The number of amides is 1. The summed E-state index contributed by atoms with van der Waals surface area (Å²) in [7, 11) is 0. The molecule has 0 aliphatic carbocycles. The monoisotopic (exact) mass is 274 g/mol. The third-order valence-electron chi connectivity index (χ3n) is 2.91. The largest absolute Gasteiger partial charge is 0.398 e. The Morgan fingerprint density at radius 2 is 1.89 bits per heavy atom. The third kappa shape index (κ3) is 3.26. The zero-order valence-electron chi connectivity index (χ0n) is 10.6. The summed E-state index contributed by atoms with van der Waals surface area (Å²) in [6.07, 6.45) is 0. The predicted octanol–water partition coefficient (Wildman–Crippen LogP) is 3.41. The van der Waals surface area contributed by atoms with Crippen LogP contribution in [-0.2, 0) is 0 Å². The SMILES string of the molecule is C[C@H](NC(=O)c1ccc(Cl)cc1N)c1ccccc1. The first kappa shape index (κ1) is 13.4.